The molecule has 0 spiro atoms. The van der Waals surface area contributed by atoms with Crippen LogP contribution in [-0.4, -0.2) is 49.7 Å². The highest BCUT2D eigenvalue weighted by molar-refractivity contribution is 7.89. The summed E-state index contributed by atoms with van der Waals surface area (Å²) in [6.45, 7) is 4.52. The molecule has 1 aromatic heterocycles. The van der Waals surface area contributed by atoms with Gasteiger partial charge in [0.25, 0.3) is 0 Å². The number of ether oxygens (including phenoxy) is 1. The van der Waals surface area contributed by atoms with E-state index in [4.69, 9.17) is 4.74 Å². The lowest BCUT2D eigenvalue weighted by molar-refractivity contribution is -0.653. The molecule has 2 aliphatic rings. The van der Waals surface area contributed by atoms with Gasteiger partial charge < -0.3 is 4.74 Å². The molecule has 2 aliphatic heterocycles. The number of fused-ring (bicyclic) bond motifs is 2. The number of carbonyl (C=O) groups excluding carboxylic acids is 1. The fourth-order valence-electron chi connectivity index (χ4n) is 5.40. The number of aromatic nitrogens is 2. The minimum absolute atomic E-state index is 0.00350. The Bertz CT molecular complexity index is 1030. The van der Waals surface area contributed by atoms with E-state index in [-0.39, 0.29) is 36.3 Å². The number of sulfonamides is 1. The van der Waals surface area contributed by atoms with Crippen molar-refractivity contribution in [2.24, 2.45) is 25.9 Å². The Hall–Kier alpha value is -2.13. The van der Waals surface area contributed by atoms with E-state index in [1.807, 2.05) is 52.5 Å². The molecule has 0 saturated carbocycles. The van der Waals surface area contributed by atoms with Gasteiger partial charge in [-0.05, 0) is 31.4 Å². The summed E-state index contributed by atoms with van der Waals surface area (Å²) in [6, 6.07) is 6.68. The van der Waals surface area contributed by atoms with Gasteiger partial charge in [0, 0.05) is 18.5 Å². The maximum Gasteiger partial charge on any atom is 0.306 e. The van der Waals surface area contributed by atoms with E-state index in [1.165, 1.54) is 5.72 Å². The summed E-state index contributed by atoms with van der Waals surface area (Å²) in [4.78, 5) is 13.0. The second kappa shape index (κ2) is 7.85. The molecule has 30 heavy (non-hydrogen) atoms. The minimum atomic E-state index is -3.69. The fraction of sp³-hybridized carbons (Fsp3) is 0.524. The standard InChI is InChI=1S/C21H30BN3O4S/c1-14-5-7-16(8-6-14)30(27,28)25-12-15(2)11-17-19(18(25)13-29-20(17)26)22-21-23(3)9-10-24(21)4/h5-10,15,17-19H,11-13,22H2,1-4H3. The zero-order valence-corrected chi connectivity index (χ0v) is 19.1. The SMILES string of the molecule is Cc1ccc(S(=O)(=O)N2CC(C)CC3C(=O)OCC2C3[BH2-]c2n(C)cc[n+]2C)cc1. The van der Waals surface area contributed by atoms with Crippen molar-refractivity contribution in [3.8, 4) is 0 Å². The molecule has 0 radical (unpaired) electrons. The second-order valence-corrected chi connectivity index (χ2v) is 11.1. The number of aryl methyl sites for hydroxylation is 3. The molecule has 2 saturated heterocycles. The number of hydrogen-bond donors (Lipinski definition) is 0. The Balaban J connectivity index is 1.76. The lowest BCUT2D eigenvalue weighted by atomic mass is 9.54. The summed E-state index contributed by atoms with van der Waals surface area (Å²) in [7, 11) is -0.476. The van der Waals surface area contributed by atoms with E-state index in [0.29, 0.717) is 17.9 Å². The first-order valence-corrected chi connectivity index (χ1v) is 12.2. The van der Waals surface area contributed by atoms with Crippen molar-refractivity contribution < 1.29 is 22.5 Å². The summed E-state index contributed by atoms with van der Waals surface area (Å²) in [5.74, 6) is -0.330. The normalized spacial score (nSPS) is 27.5. The number of nitrogens with zero attached hydrogens (tertiary/aromatic N) is 3. The summed E-state index contributed by atoms with van der Waals surface area (Å²) < 4.78 is 38.6. The summed E-state index contributed by atoms with van der Waals surface area (Å²) in [6.07, 6.45) is 4.68. The molecule has 3 heterocycles. The number of benzene rings is 1. The Morgan fingerprint density at radius 1 is 1.23 bits per heavy atom. The molecule has 2 bridgehead atoms. The number of cyclic esters (lactones) is 1. The van der Waals surface area contributed by atoms with Gasteiger partial charge in [-0.3, -0.25) is 13.9 Å². The van der Waals surface area contributed by atoms with Gasteiger partial charge in [-0.1, -0.05) is 24.6 Å². The van der Waals surface area contributed by atoms with E-state index in [2.05, 4.69) is 9.13 Å². The fourth-order valence-corrected chi connectivity index (χ4v) is 7.21. The predicted molar refractivity (Wildman–Crippen MR) is 116 cm³/mol. The van der Waals surface area contributed by atoms with Crippen LogP contribution in [0.25, 0.3) is 0 Å². The van der Waals surface area contributed by atoms with Crippen molar-refractivity contribution in [3.05, 3.63) is 42.2 Å². The maximum atomic E-state index is 13.6. The molecular weight excluding hydrogens is 401 g/mol. The zero-order valence-electron chi connectivity index (χ0n) is 18.3. The average Bonchev–Trinajstić information content (AvgIpc) is 2.96. The summed E-state index contributed by atoms with van der Waals surface area (Å²) in [5.41, 5.74) is 2.21. The highest BCUT2D eigenvalue weighted by Gasteiger charge is 2.47. The second-order valence-electron chi connectivity index (χ2n) is 9.25. The average molecular weight is 431 g/mol. The van der Waals surface area contributed by atoms with Crippen LogP contribution in [0.4, 0.5) is 0 Å². The third-order valence-corrected chi connectivity index (χ3v) is 9.12. The number of hydrogen-bond acceptors (Lipinski definition) is 4. The topological polar surface area (TPSA) is 72.5 Å². The zero-order chi connectivity index (χ0) is 21.6. The quantitative estimate of drug-likeness (QED) is 0.389. The van der Waals surface area contributed by atoms with Gasteiger partial charge in [-0.25, -0.2) is 8.42 Å². The van der Waals surface area contributed by atoms with Crippen molar-refractivity contribution in [1.29, 1.82) is 0 Å². The Labute approximate surface area is 178 Å². The van der Waals surface area contributed by atoms with Gasteiger partial charge in [0.1, 0.15) is 19.0 Å². The predicted octanol–water partition coefficient (Wildman–Crippen LogP) is 0.0129. The van der Waals surface area contributed by atoms with E-state index >= 15 is 0 Å². The molecule has 9 heteroatoms. The Morgan fingerprint density at radius 3 is 2.57 bits per heavy atom. The molecular formula is C21H30BN3O4S. The molecule has 2 aromatic rings. The molecule has 7 nitrogen and oxygen atoms in total. The first-order chi connectivity index (χ1) is 14.2. The molecule has 0 N–H and O–H groups in total. The monoisotopic (exact) mass is 431 g/mol. The van der Waals surface area contributed by atoms with Crippen molar-refractivity contribution in [1.82, 2.24) is 8.87 Å². The van der Waals surface area contributed by atoms with Crippen molar-refractivity contribution in [3.63, 3.8) is 0 Å². The lowest BCUT2D eigenvalue weighted by Crippen LogP contribution is -2.57. The minimum Gasteiger partial charge on any atom is -0.464 e. The third kappa shape index (κ3) is 3.69. The molecule has 162 valence electrons. The molecule has 2 fully saturated rings. The van der Waals surface area contributed by atoms with Crippen molar-refractivity contribution in [2.75, 3.05) is 13.2 Å². The van der Waals surface area contributed by atoms with Crippen LogP contribution >= 0.6 is 0 Å². The summed E-state index contributed by atoms with van der Waals surface area (Å²) in [5, 5.41) is 0. The third-order valence-electron chi connectivity index (χ3n) is 7.21. The Kier molecular flexibility index (Phi) is 5.53. The highest BCUT2D eigenvalue weighted by Crippen LogP contribution is 2.41. The smallest absolute Gasteiger partial charge is 0.306 e. The van der Waals surface area contributed by atoms with Crippen LogP contribution in [0.3, 0.4) is 0 Å². The molecule has 4 rings (SSSR count). The van der Waals surface area contributed by atoms with E-state index < -0.39 is 17.3 Å². The van der Waals surface area contributed by atoms with Gasteiger partial charge in [-0.15, -0.1) is 5.82 Å². The first-order valence-electron chi connectivity index (χ1n) is 10.7. The molecule has 0 amide bonds. The highest BCUT2D eigenvalue weighted by atomic mass is 32.2. The first kappa shape index (κ1) is 21.1. The van der Waals surface area contributed by atoms with Gasteiger partial charge in [-0.2, -0.15) is 4.31 Å². The van der Waals surface area contributed by atoms with Crippen LogP contribution in [0.1, 0.15) is 18.9 Å². The molecule has 1 aromatic carbocycles. The Morgan fingerprint density at radius 2 is 1.93 bits per heavy atom. The van der Waals surface area contributed by atoms with Crippen LogP contribution in [0.15, 0.2) is 41.6 Å². The van der Waals surface area contributed by atoms with Crippen molar-refractivity contribution in [2.45, 2.75) is 37.0 Å². The van der Waals surface area contributed by atoms with E-state index in [1.54, 1.807) is 16.4 Å². The molecule has 4 unspecified atom stereocenters. The van der Waals surface area contributed by atoms with Crippen LogP contribution in [-0.2, 0) is 33.7 Å². The van der Waals surface area contributed by atoms with Gasteiger partial charge in [0.2, 0.25) is 10.0 Å². The number of rotatable bonds is 4. The maximum absolute atomic E-state index is 13.6. The largest absolute Gasteiger partial charge is 0.464 e. The summed E-state index contributed by atoms with van der Waals surface area (Å²) >= 11 is 0. The van der Waals surface area contributed by atoms with Crippen LogP contribution in [0.2, 0.25) is 5.82 Å². The number of esters is 1. The molecule has 0 aliphatic carbocycles. The van der Waals surface area contributed by atoms with Crippen LogP contribution in [0.5, 0.6) is 0 Å². The number of imidazole rings is 1. The van der Waals surface area contributed by atoms with Crippen LogP contribution in [0, 0.1) is 18.8 Å². The van der Waals surface area contributed by atoms with Gasteiger partial charge >= 0.3 is 5.97 Å². The molecule has 4 atom stereocenters. The van der Waals surface area contributed by atoms with E-state index in [9.17, 15) is 13.2 Å². The van der Waals surface area contributed by atoms with Gasteiger partial charge in [0.15, 0.2) is 0 Å². The van der Waals surface area contributed by atoms with Crippen LogP contribution < -0.4 is 10.3 Å². The van der Waals surface area contributed by atoms with Crippen molar-refractivity contribution >= 4 is 29.0 Å². The number of carbonyl (C=O) groups is 1. The van der Waals surface area contributed by atoms with Gasteiger partial charge in [0.05, 0.1) is 32.0 Å². The lowest BCUT2D eigenvalue weighted by Gasteiger charge is -2.42. The van der Waals surface area contributed by atoms with E-state index in [0.717, 1.165) is 5.56 Å².